The number of anilines is 2. The molecule has 1 aromatic heterocycles. The number of hydrogen-bond donors (Lipinski definition) is 4. The van der Waals surface area contributed by atoms with Gasteiger partial charge in [0.2, 0.25) is 5.91 Å². The molecule has 1 aliphatic rings. The number of alkyl halides is 2. The number of halogens is 3. The number of aryl methyl sites for hydroxylation is 1. The number of rotatable bonds is 8. The van der Waals surface area contributed by atoms with E-state index in [1.165, 1.54) is 38.3 Å². The minimum Gasteiger partial charge on any atom is -0.398 e. The van der Waals surface area contributed by atoms with Crippen molar-refractivity contribution in [2.75, 3.05) is 24.1 Å². The van der Waals surface area contributed by atoms with E-state index < -0.39 is 34.5 Å². The van der Waals surface area contributed by atoms with E-state index in [4.69, 9.17) is 11.5 Å². The number of nitrogens with two attached hydrogens (primary N) is 2. The van der Waals surface area contributed by atoms with Gasteiger partial charge in [-0.3, -0.25) is 9.59 Å². The fraction of sp³-hybridized carbons (Fsp3) is 0.370. The summed E-state index contributed by atoms with van der Waals surface area (Å²) in [6.07, 6.45) is 5.01. The van der Waals surface area contributed by atoms with Crippen LogP contribution in [-0.2, 0) is 17.8 Å². The highest BCUT2D eigenvalue weighted by molar-refractivity contribution is 5.77. The maximum Gasteiger partial charge on any atom is 0.303 e. The molecule has 2 aromatic rings. The van der Waals surface area contributed by atoms with Crippen molar-refractivity contribution in [2.24, 2.45) is 12.8 Å². The first-order valence-corrected chi connectivity index (χ1v) is 12.2. The van der Waals surface area contributed by atoms with Crippen molar-refractivity contribution in [2.45, 2.75) is 44.8 Å². The van der Waals surface area contributed by atoms with Crippen molar-refractivity contribution in [1.29, 1.82) is 0 Å². The highest BCUT2D eigenvalue weighted by Gasteiger charge is 2.49. The lowest BCUT2D eigenvalue weighted by Gasteiger charge is -2.30. The second-order valence-corrected chi connectivity index (χ2v) is 9.85. The second kappa shape index (κ2) is 11.0. The summed E-state index contributed by atoms with van der Waals surface area (Å²) in [4.78, 5) is 25.8. The normalized spacial score (nSPS) is 15.5. The topological polar surface area (TPSA) is 139 Å². The summed E-state index contributed by atoms with van der Waals surface area (Å²) < 4.78 is 46.1. The van der Waals surface area contributed by atoms with Crippen LogP contribution in [0.25, 0.3) is 6.08 Å². The second-order valence-electron chi connectivity index (χ2n) is 9.85. The number of carbonyl (C=O) groups excluding carboxylic acids is 1. The molecule has 0 spiro atoms. The van der Waals surface area contributed by atoms with E-state index in [9.17, 15) is 23.5 Å². The molecule has 12 heteroatoms. The zero-order valence-corrected chi connectivity index (χ0v) is 22.3. The first-order chi connectivity index (χ1) is 18.1. The Morgan fingerprint density at radius 3 is 2.54 bits per heavy atom. The number of benzene rings is 1. The van der Waals surface area contributed by atoms with Gasteiger partial charge in [-0.25, -0.2) is 9.07 Å². The summed E-state index contributed by atoms with van der Waals surface area (Å²) in [5.41, 5.74) is 9.10. The predicted molar refractivity (Wildman–Crippen MR) is 144 cm³/mol. The molecule has 0 unspecified atom stereocenters. The summed E-state index contributed by atoms with van der Waals surface area (Å²) in [5.74, 6) is -5.17. The van der Waals surface area contributed by atoms with E-state index in [0.29, 0.717) is 19.5 Å². The number of allylic oxidation sites excluding steroid dienone is 1. The first kappa shape index (κ1) is 29.5. The fourth-order valence-electron chi connectivity index (χ4n) is 4.16. The summed E-state index contributed by atoms with van der Waals surface area (Å²) in [7, 11) is 1.37. The summed E-state index contributed by atoms with van der Waals surface area (Å²) in [6, 6.07) is 2.35. The third-order valence-electron chi connectivity index (χ3n) is 6.64. The molecule has 210 valence electrons. The molecule has 3 rings (SSSR count). The quantitative estimate of drug-likeness (QED) is 0.373. The van der Waals surface area contributed by atoms with Gasteiger partial charge in [-0.1, -0.05) is 24.3 Å². The van der Waals surface area contributed by atoms with Crippen LogP contribution >= 0.6 is 0 Å². The molecule has 0 fully saturated rings. The minimum absolute atomic E-state index is 0.0308. The molecule has 1 aliphatic heterocycles. The third-order valence-corrected chi connectivity index (χ3v) is 6.64. The molecular formula is C27H33F3N6O3. The summed E-state index contributed by atoms with van der Waals surface area (Å²) in [5, 5.41) is 17.1. The van der Waals surface area contributed by atoms with Crippen LogP contribution in [-0.4, -0.2) is 44.4 Å². The Balaban J connectivity index is 2.07. The van der Waals surface area contributed by atoms with Crippen LogP contribution in [0, 0.1) is 5.82 Å². The van der Waals surface area contributed by atoms with E-state index in [1.807, 2.05) is 0 Å². The molecule has 0 radical (unpaired) electrons. The Hall–Kier alpha value is -4.06. The maximum atomic E-state index is 15.5. The van der Waals surface area contributed by atoms with Gasteiger partial charge in [0.1, 0.15) is 17.1 Å². The number of nitrogens with one attached hydrogen (secondary N) is 1. The van der Waals surface area contributed by atoms with Crippen LogP contribution in [0.1, 0.15) is 49.9 Å². The molecule has 0 saturated heterocycles. The summed E-state index contributed by atoms with van der Waals surface area (Å²) >= 11 is 0. The number of nitrogens with zero attached hydrogens (tertiary/aromatic N) is 3. The van der Waals surface area contributed by atoms with Gasteiger partial charge in [0.05, 0.1) is 11.6 Å². The smallest absolute Gasteiger partial charge is 0.303 e. The van der Waals surface area contributed by atoms with Gasteiger partial charge < -0.3 is 26.8 Å². The molecule has 1 amide bonds. The number of aliphatic hydroxyl groups is 1. The molecule has 9 nitrogen and oxygen atoms in total. The zero-order chi connectivity index (χ0) is 29.3. The van der Waals surface area contributed by atoms with Crippen LogP contribution < -0.4 is 22.3 Å². The molecule has 39 heavy (non-hydrogen) atoms. The minimum atomic E-state index is -3.90. The lowest BCUT2D eigenvalue weighted by atomic mass is 9.90. The van der Waals surface area contributed by atoms with Gasteiger partial charge in [-0.05, 0) is 38.0 Å². The van der Waals surface area contributed by atoms with Crippen LogP contribution in [0.5, 0.6) is 0 Å². The van der Waals surface area contributed by atoms with Gasteiger partial charge >= 0.3 is 5.92 Å². The Kier molecular flexibility index (Phi) is 8.30. The molecule has 1 atom stereocenters. The molecule has 2 heterocycles. The zero-order valence-electron chi connectivity index (χ0n) is 22.3. The van der Waals surface area contributed by atoms with E-state index in [0.717, 1.165) is 30.2 Å². The number of nitrogen functional groups attached to an aromatic ring is 1. The Bertz CT molecular complexity index is 1410. The number of amides is 1. The van der Waals surface area contributed by atoms with Crippen LogP contribution in [0.3, 0.4) is 0 Å². The monoisotopic (exact) mass is 546 g/mol. The van der Waals surface area contributed by atoms with E-state index in [1.54, 1.807) is 11.0 Å². The third kappa shape index (κ3) is 5.85. The van der Waals surface area contributed by atoms with E-state index in [2.05, 4.69) is 17.0 Å². The highest BCUT2D eigenvalue weighted by Crippen LogP contribution is 2.41. The first-order valence-electron chi connectivity index (χ1n) is 12.2. The molecule has 0 aliphatic carbocycles. The highest BCUT2D eigenvalue weighted by atomic mass is 19.3. The predicted octanol–water partition coefficient (Wildman–Crippen LogP) is 3.18. The van der Waals surface area contributed by atoms with Gasteiger partial charge in [-0.15, -0.1) is 6.58 Å². The lowest BCUT2D eigenvalue weighted by Crippen LogP contribution is -2.41. The van der Waals surface area contributed by atoms with Crippen molar-refractivity contribution in [3.05, 3.63) is 81.1 Å². The van der Waals surface area contributed by atoms with Crippen LogP contribution in [0.15, 0.2) is 53.0 Å². The number of carbonyl (C=O) groups is 1. The average Bonchev–Trinajstić information content (AvgIpc) is 2.87. The lowest BCUT2D eigenvalue weighted by molar-refractivity contribution is -0.170. The van der Waals surface area contributed by atoms with E-state index >= 15 is 4.39 Å². The SMILES string of the molecule is C=C[C@@H](Nc1nn(C)c(=O)c(N)c1/C=C(\N)C1=CCN(C(C)=O)CC1)c1cccc(C(F)(F)C(C)(C)O)c1F. The largest absolute Gasteiger partial charge is 0.398 e. The standard InChI is InChI=1S/C27H33F3N6O3/c1-6-21(17-8-7-9-19(22(17)28)27(29,30)26(3,4)39)33-24-18(23(32)25(38)35(5)34-24)14-20(31)16-10-12-36(13-11-16)15(2)37/h6-10,14,21,39H,1,11-13,31-32H2,2-5H3,(H,33,34)/b20-14-/t21-/m1/s1. The fourth-order valence-corrected chi connectivity index (χ4v) is 4.16. The Morgan fingerprint density at radius 2 is 2.00 bits per heavy atom. The van der Waals surface area contributed by atoms with E-state index in [-0.39, 0.29) is 34.2 Å². The van der Waals surface area contributed by atoms with Crippen molar-refractivity contribution in [3.63, 3.8) is 0 Å². The van der Waals surface area contributed by atoms with Gasteiger partial charge in [0.15, 0.2) is 5.82 Å². The van der Waals surface area contributed by atoms with Crippen LogP contribution in [0.2, 0.25) is 0 Å². The Labute approximate surface area is 224 Å². The van der Waals surface area contributed by atoms with Crippen molar-refractivity contribution < 1.29 is 23.1 Å². The van der Waals surface area contributed by atoms with Crippen LogP contribution in [0.4, 0.5) is 24.7 Å². The van der Waals surface area contributed by atoms with Crippen molar-refractivity contribution >= 4 is 23.5 Å². The molecule has 6 N–H and O–H groups in total. The number of aromatic nitrogens is 2. The van der Waals surface area contributed by atoms with Crippen molar-refractivity contribution in [3.8, 4) is 0 Å². The van der Waals surface area contributed by atoms with Gasteiger partial charge in [0, 0.05) is 43.9 Å². The van der Waals surface area contributed by atoms with Gasteiger partial charge in [-0.2, -0.15) is 13.9 Å². The van der Waals surface area contributed by atoms with Gasteiger partial charge in [0.25, 0.3) is 5.56 Å². The molecule has 0 bridgehead atoms. The molecular weight excluding hydrogens is 513 g/mol. The summed E-state index contributed by atoms with van der Waals surface area (Å²) in [6.45, 7) is 7.78. The Morgan fingerprint density at radius 1 is 1.33 bits per heavy atom. The average molecular weight is 547 g/mol. The number of hydrogen-bond acceptors (Lipinski definition) is 7. The molecule has 0 saturated carbocycles. The maximum absolute atomic E-state index is 15.5. The van der Waals surface area contributed by atoms with Crippen molar-refractivity contribution in [1.82, 2.24) is 14.7 Å². The molecule has 1 aromatic carbocycles.